The molecule has 0 aromatic heterocycles. The summed E-state index contributed by atoms with van der Waals surface area (Å²) in [7, 11) is 0. The van der Waals surface area contributed by atoms with Crippen LogP contribution in [-0.4, -0.2) is 22.5 Å². The summed E-state index contributed by atoms with van der Waals surface area (Å²) in [4.78, 5) is 35.7. The fourth-order valence-corrected chi connectivity index (χ4v) is 3.59. The fourth-order valence-electron chi connectivity index (χ4n) is 2.90. The molecule has 0 saturated heterocycles. The summed E-state index contributed by atoms with van der Waals surface area (Å²) < 4.78 is 0. The van der Waals surface area contributed by atoms with Crippen LogP contribution in [0.3, 0.4) is 0 Å². The van der Waals surface area contributed by atoms with Crippen molar-refractivity contribution < 1.29 is 14.5 Å². The Morgan fingerprint density at radius 1 is 0.938 bits per heavy atom. The number of amides is 2. The van der Waals surface area contributed by atoms with Gasteiger partial charge in [0.25, 0.3) is 11.6 Å². The molecule has 0 bridgehead atoms. The average Bonchev–Trinajstić information content (AvgIpc) is 2.79. The maximum absolute atomic E-state index is 12.3. The number of carbonyl (C=O) groups is 2. The van der Waals surface area contributed by atoms with Crippen LogP contribution < -0.4 is 10.6 Å². The first-order chi connectivity index (χ1) is 15.3. The molecule has 2 amide bonds. The number of nitro groups is 1. The van der Waals surface area contributed by atoms with E-state index in [-0.39, 0.29) is 22.9 Å². The van der Waals surface area contributed by atoms with E-state index in [4.69, 9.17) is 0 Å². The van der Waals surface area contributed by atoms with Crippen molar-refractivity contribution >= 4 is 40.6 Å². The molecule has 0 aliphatic carbocycles. The van der Waals surface area contributed by atoms with Gasteiger partial charge in [0.1, 0.15) is 0 Å². The lowest BCUT2D eigenvalue weighted by Gasteiger charge is -2.09. The van der Waals surface area contributed by atoms with E-state index >= 15 is 0 Å². The Hall–Kier alpha value is -3.65. The van der Waals surface area contributed by atoms with Gasteiger partial charge in [0.15, 0.2) is 0 Å². The first kappa shape index (κ1) is 23.0. The van der Waals surface area contributed by atoms with E-state index in [9.17, 15) is 19.7 Å². The van der Waals surface area contributed by atoms with Crippen LogP contribution in [0.1, 0.15) is 35.7 Å². The van der Waals surface area contributed by atoms with E-state index < -0.39 is 10.8 Å². The van der Waals surface area contributed by atoms with E-state index in [1.165, 1.54) is 41.6 Å². The molecule has 3 aromatic rings. The number of nitrogens with one attached hydrogen (secondary N) is 2. The van der Waals surface area contributed by atoms with Crippen LogP contribution in [-0.2, 0) is 4.79 Å². The molecule has 7 nitrogen and oxygen atoms in total. The molecule has 3 rings (SSSR count). The van der Waals surface area contributed by atoms with Gasteiger partial charge in [-0.05, 0) is 53.9 Å². The SMILES string of the molecule is CC(C)c1ccc(NC(=O)CSc2ccc(NC(=O)c3cccc([N+](=O)[O-])c3)cc2)cc1. The molecule has 0 atom stereocenters. The van der Waals surface area contributed by atoms with Gasteiger partial charge in [0, 0.05) is 34.0 Å². The van der Waals surface area contributed by atoms with Gasteiger partial charge in [0.2, 0.25) is 5.91 Å². The molecule has 164 valence electrons. The van der Waals surface area contributed by atoms with Gasteiger partial charge in [-0.25, -0.2) is 0 Å². The molecule has 0 fully saturated rings. The molecule has 0 spiro atoms. The highest BCUT2D eigenvalue weighted by molar-refractivity contribution is 8.00. The summed E-state index contributed by atoms with van der Waals surface area (Å²) in [5.74, 6) is 0.160. The van der Waals surface area contributed by atoms with Gasteiger partial charge < -0.3 is 10.6 Å². The van der Waals surface area contributed by atoms with Crippen molar-refractivity contribution in [3.8, 4) is 0 Å². The molecular formula is C24H23N3O4S. The van der Waals surface area contributed by atoms with Crippen LogP contribution in [0.4, 0.5) is 17.1 Å². The minimum Gasteiger partial charge on any atom is -0.325 e. The zero-order chi connectivity index (χ0) is 23.1. The highest BCUT2D eigenvalue weighted by Crippen LogP contribution is 2.22. The average molecular weight is 450 g/mol. The first-order valence-electron chi connectivity index (χ1n) is 10.0. The number of carbonyl (C=O) groups excluding carboxylic acids is 2. The standard InChI is InChI=1S/C24H23N3O4S/c1-16(2)17-6-8-19(9-7-17)25-23(28)15-32-22-12-10-20(11-13-22)26-24(29)18-4-3-5-21(14-18)27(30)31/h3-14,16H,15H2,1-2H3,(H,25,28)(H,26,29). The number of non-ortho nitro benzene ring substituents is 1. The van der Waals surface area contributed by atoms with Crippen molar-refractivity contribution in [3.63, 3.8) is 0 Å². The molecule has 8 heteroatoms. The van der Waals surface area contributed by atoms with E-state index in [1.807, 2.05) is 24.3 Å². The monoisotopic (exact) mass is 449 g/mol. The van der Waals surface area contributed by atoms with Crippen molar-refractivity contribution in [3.05, 3.63) is 94.0 Å². The number of nitrogens with zero attached hydrogens (tertiary/aromatic N) is 1. The van der Waals surface area contributed by atoms with Gasteiger partial charge in [-0.3, -0.25) is 19.7 Å². The summed E-state index contributed by atoms with van der Waals surface area (Å²) in [6.07, 6.45) is 0. The van der Waals surface area contributed by atoms with Crippen molar-refractivity contribution in [1.82, 2.24) is 0 Å². The minimum atomic E-state index is -0.542. The summed E-state index contributed by atoms with van der Waals surface area (Å²) in [5.41, 5.74) is 2.60. The lowest BCUT2D eigenvalue weighted by molar-refractivity contribution is -0.384. The molecule has 0 radical (unpaired) electrons. The third kappa shape index (κ3) is 6.42. The Balaban J connectivity index is 1.51. The number of hydrogen-bond donors (Lipinski definition) is 2. The van der Waals surface area contributed by atoms with Crippen molar-refractivity contribution in [1.29, 1.82) is 0 Å². The van der Waals surface area contributed by atoms with Crippen LogP contribution in [0.2, 0.25) is 0 Å². The maximum atomic E-state index is 12.3. The Kier molecular flexibility index (Phi) is 7.62. The molecule has 3 aromatic carbocycles. The van der Waals surface area contributed by atoms with Gasteiger partial charge >= 0.3 is 0 Å². The highest BCUT2D eigenvalue weighted by atomic mass is 32.2. The Morgan fingerprint density at radius 2 is 1.56 bits per heavy atom. The topological polar surface area (TPSA) is 101 Å². The summed E-state index contributed by atoms with van der Waals surface area (Å²) in [6.45, 7) is 4.24. The second kappa shape index (κ2) is 10.6. The third-order valence-corrected chi connectivity index (χ3v) is 5.67. The predicted octanol–water partition coefficient (Wildman–Crippen LogP) is 5.70. The van der Waals surface area contributed by atoms with Crippen LogP contribution in [0.25, 0.3) is 0 Å². The smallest absolute Gasteiger partial charge is 0.270 e. The van der Waals surface area contributed by atoms with Crippen LogP contribution in [0.5, 0.6) is 0 Å². The number of nitro benzene ring substituents is 1. The lowest BCUT2D eigenvalue weighted by Crippen LogP contribution is -2.14. The van der Waals surface area contributed by atoms with Gasteiger partial charge in [-0.2, -0.15) is 0 Å². The van der Waals surface area contributed by atoms with Crippen molar-refractivity contribution in [2.24, 2.45) is 0 Å². The number of rotatable bonds is 8. The Labute approximate surface area is 190 Å². The summed E-state index contributed by atoms with van der Waals surface area (Å²) >= 11 is 1.39. The highest BCUT2D eigenvalue weighted by Gasteiger charge is 2.12. The van der Waals surface area contributed by atoms with Gasteiger partial charge in [0.05, 0.1) is 10.7 Å². The minimum absolute atomic E-state index is 0.102. The number of benzene rings is 3. The molecule has 0 heterocycles. The van der Waals surface area contributed by atoms with E-state index in [2.05, 4.69) is 24.5 Å². The Bertz CT molecular complexity index is 1110. The van der Waals surface area contributed by atoms with E-state index in [0.29, 0.717) is 11.6 Å². The normalized spacial score (nSPS) is 10.6. The second-order valence-corrected chi connectivity index (χ2v) is 8.45. The summed E-state index contributed by atoms with van der Waals surface area (Å²) in [6, 6.07) is 20.4. The largest absolute Gasteiger partial charge is 0.325 e. The first-order valence-corrected chi connectivity index (χ1v) is 11.0. The summed E-state index contributed by atoms with van der Waals surface area (Å²) in [5, 5.41) is 16.5. The third-order valence-electron chi connectivity index (χ3n) is 4.66. The zero-order valence-electron chi connectivity index (χ0n) is 17.7. The number of anilines is 2. The van der Waals surface area contributed by atoms with E-state index in [1.54, 1.807) is 24.3 Å². The van der Waals surface area contributed by atoms with Crippen molar-refractivity contribution in [2.45, 2.75) is 24.7 Å². The molecule has 0 saturated carbocycles. The molecule has 0 aliphatic heterocycles. The lowest BCUT2D eigenvalue weighted by atomic mass is 10.0. The zero-order valence-corrected chi connectivity index (χ0v) is 18.5. The maximum Gasteiger partial charge on any atom is 0.270 e. The molecule has 2 N–H and O–H groups in total. The second-order valence-electron chi connectivity index (χ2n) is 7.40. The fraction of sp³-hybridized carbons (Fsp3) is 0.167. The number of thioether (sulfide) groups is 1. The molecule has 32 heavy (non-hydrogen) atoms. The number of hydrogen-bond acceptors (Lipinski definition) is 5. The molecular weight excluding hydrogens is 426 g/mol. The van der Waals surface area contributed by atoms with Crippen molar-refractivity contribution in [2.75, 3.05) is 16.4 Å². The van der Waals surface area contributed by atoms with E-state index in [0.717, 1.165) is 10.6 Å². The van der Waals surface area contributed by atoms with Gasteiger partial charge in [-0.15, -0.1) is 11.8 Å². The Morgan fingerprint density at radius 3 is 2.19 bits per heavy atom. The molecule has 0 unspecified atom stereocenters. The predicted molar refractivity (Wildman–Crippen MR) is 127 cm³/mol. The van der Waals surface area contributed by atoms with Crippen LogP contribution in [0.15, 0.2) is 77.7 Å². The van der Waals surface area contributed by atoms with Crippen LogP contribution >= 0.6 is 11.8 Å². The molecule has 0 aliphatic rings. The van der Waals surface area contributed by atoms with Gasteiger partial charge in [-0.1, -0.05) is 32.0 Å². The van der Waals surface area contributed by atoms with Crippen LogP contribution in [0, 0.1) is 10.1 Å². The quantitative estimate of drug-likeness (QED) is 0.261.